The number of hydrogen-bond acceptors (Lipinski definition) is 4. The van der Waals surface area contributed by atoms with Crippen molar-refractivity contribution in [2.75, 3.05) is 45.8 Å². The summed E-state index contributed by atoms with van der Waals surface area (Å²) in [6.45, 7) is 8.26. The van der Waals surface area contributed by atoms with Crippen molar-refractivity contribution in [2.24, 2.45) is 5.92 Å². The van der Waals surface area contributed by atoms with Crippen molar-refractivity contribution in [3.63, 3.8) is 0 Å². The SMILES string of the molecule is CC(C)CN1CCN(C(=O)CN2C(=O)CNC2=O)CC1. The van der Waals surface area contributed by atoms with Gasteiger partial charge in [0, 0.05) is 32.7 Å². The third-order valence-corrected chi connectivity index (χ3v) is 3.58. The first-order chi connectivity index (χ1) is 9.47. The number of imide groups is 1. The second-order valence-electron chi connectivity index (χ2n) is 5.71. The maximum atomic E-state index is 12.1. The third kappa shape index (κ3) is 3.47. The molecule has 0 unspecified atom stereocenters. The molecule has 4 amide bonds. The van der Waals surface area contributed by atoms with Gasteiger partial charge in [0.25, 0.3) is 5.91 Å². The van der Waals surface area contributed by atoms with E-state index in [0.717, 1.165) is 24.5 Å². The molecule has 0 aliphatic carbocycles. The number of carbonyl (C=O) groups excluding carboxylic acids is 3. The van der Waals surface area contributed by atoms with Gasteiger partial charge in [-0.15, -0.1) is 0 Å². The number of carbonyl (C=O) groups is 3. The standard InChI is InChI=1S/C13H22N4O3/c1-10(2)8-15-3-5-16(6-4-15)12(19)9-17-11(18)7-14-13(17)20/h10H,3-9H2,1-2H3,(H,14,20). The topological polar surface area (TPSA) is 73.0 Å². The lowest BCUT2D eigenvalue weighted by atomic mass is 10.2. The highest BCUT2D eigenvalue weighted by molar-refractivity contribution is 6.04. The van der Waals surface area contributed by atoms with Crippen molar-refractivity contribution in [3.05, 3.63) is 0 Å². The van der Waals surface area contributed by atoms with Crippen LogP contribution < -0.4 is 5.32 Å². The van der Waals surface area contributed by atoms with Crippen LogP contribution in [0.3, 0.4) is 0 Å². The molecule has 0 saturated carbocycles. The van der Waals surface area contributed by atoms with E-state index in [1.54, 1.807) is 4.90 Å². The van der Waals surface area contributed by atoms with Crippen molar-refractivity contribution >= 4 is 17.8 Å². The van der Waals surface area contributed by atoms with Crippen LogP contribution in [0.1, 0.15) is 13.8 Å². The van der Waals surface area contributed by atoms with Crippen LogP contribution in [-0.4, -0.2) is 78.4 Å². The molecular weight excluding hydrogens is 260 g/mol. The highest BCUT2D eigenvalue weighted by atomic mass is 16.2. The normalized spacial score (nSPS) is 20.8. The van der Waals surface area contributed by atoms with Crippen LogP contribution >= 0.6 is 0 Å². The van der Waals surface area contributed by atoms with E-state index >= 15 is 0 Å². The molecule has 112 valence electrons. The Morgan fingerprint density at radius 3 is 2.35 bits per heavy atom. The summed E-state index contributed by atoms with van der Waals surface area (Å²) >= 11 is 0. The van der Waals surface area contributed by atoms with Gasteiger partial charge in [-0.05, 0) is 5.92 Å². The lowest BCUT2D eigenvalue weighted by molar-refractivity contribution is -0.137. The lowest BCUT2D eigenvalue weighted by Crippen LogP contribution is -2.52. The molecule has 0 spiro atoms. The molecule has 0 aromatic rings. The quantitative estimate of drug-likeness (QED) is 0.695. The van der Waals surface area contributed by atoms with Crippen LogP contribution in [0.4, 0.5) is 4.79 Å². The zero-order chi connectivity index (χ0) is 14.7. The van der Waals surface area contributed by atoms with Crippen molar-refractivity contribution < 1.29 is 14.4 Å². The maximum Gasteiger partial charge on any atom is 0.325 e. The number of nitrogens with zero attached hydrogens (tertiary/aromatic N) is 3. The number of urea groups is 1. The van der Waals surface area contributed by atoms with Crippen molar-refractivity contribution in [2.45, 2.75) is 13.8 Å². The van der Waals surface area contributed by atoms with Gasteiger partial charge in [-0.25, -0.2) is 4.79 Å². The Balaban J connectivity index is 1.80. The molecule has 0 aromatic carbocycles. The molecule has 1 N–H and O–H groups in total. The monoisotopic (exact) mass is 282 g/mol. The lowest BCUT2D eigenvalue weighted by Gasteiger charge is -2.35. The van der Waals surface area contributed by atoms with Crippen molar-refractivity contribution in [1.29, 1.82) is 0 Å². The highest BCUT2D eigenvalue weighted by Crippen LogP contribution is 2.07. The summed E-state index contributed by atoms with van der Waals surface area (Å²) in [5.74, 6) is 0.129. The van der Waals surface area contributed by atoms with Gasteiger partial charge in [0.15, 0.2) is 0 Å². The molecule has 0 atom stereocenters. The van der Waals surface area contributed by atoms with Gasteiger partial charge in [0.05, 0.1) is 6.54 Å². The number of piperazine rings is 1. The van der Waals surface area contributed by atoms with Gasteiger partial charge in [-0.3, -0.25) is 19.4 Å². The van der Waals surface area contributed by atoms with E-state index in [9.17, 15) is 14.4 Å². The highest BCUT2D eigenvalue weighted by Gasteiger charge is 2.32. The van der Waals surface area contributed by atoms with Crippen LogP contribution in [0.2, 0.25) is 0 Å². The predicted octanol–water partition coefficient (Wildman–Crippen LogP) is -0.662. The number of hydrogen-bond donors (Lipinski definition) is 1. The largest absolute Gasteiger partial charge is 0.339 e. The van der Waals surface area contributed by atoms with Crippen LogP contribution in [0.25, 0.3) is 0 Å². The first-order valence-corrected chi connectivity index (χ1v) is 7.05. The predicted molar refractivity (Wildman–Crippen MR) is 73.0 cm³/mol. The molecule has 2 heterocycles. The Bertz CT molecular complexity index is 386. The van der Waals surface area contributed by atoms with Gasteiger partial charge >= 0.3 is 6.03 Å². The van der Waals surface area contributed by atoms with Crippen molar-refractivity contribution in [1.82, 2.24) is 20.0 Å². The molecule has 7 heteroatoms. The summed E-state index contributed by atoms with van der Waals surface area (Å²) in [4.78, 5) is 40.0. The third-order valence-electron chi connectivity index (χ3n) is 3.58. The van der Waals surface area contributed by atoms with Gasteiger partial charge in [-0.1, -0.05) is 13.8 Å². The minimum Gasteiger partial charge on any atom is -0.339 e. The van der Waals surface area contributed by atoms with E-state index < -0.39 is 6.03 Å². The summed E-state index contributed by atoms with van der Waals surface area (Å²) in [5.41, 5.74) is 0. The fraction of sp³-hybridized carbons (Fsp3) is 0.769. The van der Waals surface area contributed by atoms with Crippen LogP contribution in [0.5, 0.6) is 0 Å². The second kappa shape index (κ2) is 6.21. The Kier molecular flexibility index (Phi) is 4.59. The zero-order valence-electron chi connectivity index (χ0n) is 12.1. The number of rotatable bonds is 4. The van der Waals surface area contributed by atoms with E-state index in [4.69, 9.17) is 0 Å². The van der Waals surface area contributed by atoms with Gasteiger partial charge in [0.1, 0.15) is 6.54 Å². The minimum absolute atomic E-state index is 0.00568. The zero-order valence-corrected chi connectivity index (χ0v) is 12.1. The van der Waals surface area contributed by atoms with E-state index in [0.29, 0.717) is 19.0 Å². The smallest absolute Gasteiger partial charge is 0.325 e. The summed E-state index contributed by atoms with van der Waals surface area (Å²) < 4.78 is 0. The minimum atomic E-state index is -0.471. The second-order valence-corrected chi connectivity index (χ2v) is 5.71. The molecule has 7 nitrogen and oxygen atoms in total. The van der Waals surface area contributed by atoms with Gasteiger partial charge in [0.2, 0.25) is 5.91 Å². The van der Waals surface area contributed by atoms with Crippen LogP contribution in [0, 0.1) is 5.92 Å². The molecule has 20 heavy (non-hydrogen) atoms. The molecule has 2 aliphatic heterocycles. The molecule has 0 aromatic heterocycles. The molecule has 0 radical (unpaired) electrons. The first kappa shape index (κ1) is 14.8. The van der Waals surface area contributed by atoms with E-state index in [-0.39, 0.29) is 24.9 Å². The molecule has 2 rings (SSSR count). The molecule has 2 saturated heterocycles. The van der Waals surface area contributed by atoms with Crippen LogP contribution in [0.15, 0.2) is 0 Å². The maximum absolute atomic E-state index is 12.1. The fourth-order valence-corrected chi connectivity index (χ4v) is 2.55. The van der Waals surface area contributed by atoms with Crippen molar-refractivity contribution in [3.8, 4) is 0 Å². The Hall–Kier alpha value is -1.63. The van der Waals surface area contributed by atoms with E-state index in [1.807, 2.05) is 0 Å². The summed E-state index contributed by atoms with van der Waals surface area (Å²) in [7, 11) is 0. The molecule has 0 bridgehead atoms. The van der Waals surface area contributed by atoms with E-state index in [2.05, 4.69) is 24.1 Å². The summed E-state index contributed by atoms with van der Waals surface area (Å²) in [6, 6.07) is -0.471. The fourth-order valence-electron chi connectivity index (χ4n) is 2.55. The average molecular weight is 282 g/mol. The summed E-state index contributed by atoms with van der Waals surface area (Å²) in [5, 5.41) is 2.41. The molecule has 2 fully saturated rings. The van der Waals surface area contributed by atoms with Gasteiger partial charge in [-0.2, -0.15) is 0 Å². The number of nitrogens with one attached hydrogen (secondary N) is 1. The van der Waals surface area contributed by atoms with E-state index in [1.165, 1.54) is 0 Å². The average Bonchev–Trinajstić information content (AvgIpc) is 2.70. The summed E-state index contributed by atoms with van der Waals surface area (Å²) in [6.07, 6.45) is 0. The molecular formula is C13H22N4O3. The van der Waals surface area contributed by atoms with Gasteiger partial charge < -0.3 is 10.2 Å². The first-order valence-electron chi connectivity index (χ1n) is 7.05. The Morgan fingerprint density at radius 2 is 1.85 bits per heavy atom. The Morgan fingerprint density at radius 1 is 1.20 bits per heavy atom. The Labute approximate surface area is 118 Å². The van der Waals surface area contributed by atoms with Crippen LogP contribution in [-0.2, 0) is 9.59 Å². The number of amides is 4. The molecule has 2 aliphatic rings.